The number of nitrogens with zero attached hydrogens (tertiary/aromatic N) is 1. The molecule has 1 N–H and O–H groups in total. The molecule has 0 bridgehead atoms. The minimum absolute atomic E-state index is 0.304. The summed E-state index contributed by atoms with van der Waals surface area (Å²) in [6.07, 6.45) is 5.93. The van der Waals surface area contributed by atoms with Crippen LogP contribution in [-0.4, -0.2) is 11.5 Å². The van der Waals surface area contributed by atoms with Crippen molar-refractivity contribution in [3.8, 4) is 12.3 Å². The molecule has 0 spiro atoms. The second-order valence-electron chi connectivity index (χ2n) is 2.92. The highest BCUT2D eigenvalue weighted by Crippen LogP contribution is 2.15. The quantitative estimate of drug-likeness (QED) is 0.586. The van der Waals surface area contributed by atoms with Crippen LogP contribution < -0.4 is 5.32 Å². The van der Waals surface area contributed by atoms with Gasteiger partial charge in [0.1, 0.15) is 0 Å². The van der Waals surface area contributed by atoms with Gasteiger partial charge in [0.05, 0.1) is 10.7 Å². The third-order valence-corrected chi connectivity index (χ3v) is 2.59. The molecule has 1 atom stereocenters. The van der Waals surface area contributed by atoms with Gasteiger partial charge < -0.3 is 5.32 Å². The molecule has 0 fully saturated rings. The lowest BCUT2D eigenvalue weighted by Gasteiger charge is -2.09. The Kier molecular flexibility index (Phi) is 3.94. The number of nitrogens with one attached hydrogen (secondary N) is 1. The molecular formula is C10H14N2S. The van der Waals surface area contributed by atoms with Crippen LogP contribution in [0.2, 0.25) is 0 Å². The second kappa shape index (κ2) is 5.00. The van der Waals surface area contributed by atoms with E-state index in [1.165, 1.54) is 0 Å². The van der Waals surface area contributed by atoms with Crippen molar-refractivity contribution in [2.45, 2.75) is 26.3 Å². The van der Waals surface area contributed by atoms with E-state index in [0.29, 0.717) is 6.04 Å². The highest BCUT2D eigenvalue weighted by Gasteiger charge is 2.06. The summed E-state index contributed by atoms with van der Waals surface area (Å²) in [5.41, 5.74) is 1.11. The first-order chi connectivity index (χ1) is 6.24. The van der Waals surface area contributed by atoms with Gasteiger partial charge in [-0.2, -0.15) is 0 Å². The van der Waals surface area contributed by atoms with E-state index in [4.69, 9.17) is 6.42 Å². The molecule has 0 radical (unpaired) electrons. The monoisotopic (exact) mass is 194 g/mol. The van der Waals surface area contributed by atoms with Gasteiger partial charge in [0.15, 0.2) is 0 Å². The normalized spacial score (nSPS) is 12.4. The molecule has 0 aliphatic heterocycles. The average Bonchev–Trinajstić information content (AvgIpc) is 2.52. The Morgan fingerprint density at radius 1 is 1.77 bits per heavy atom. The third-order valence-electron chi connectivity index (χ3n) is 1.80. The van der Waals surface area contributed by atoms with Crippen LogP contribution in [0, 0.1) is 19.3 Å². The molecule has 13 heavy (non-hydrogen) atoms. The van der Waals surface area contributed by atoms with Crippen molar-refractivity contribution in [1.29, 1.82) is 0 Å². The minimum Gasteiger partial charge on any atom is -0.308 e. The predicted molar refractivity (Wildman–Crippen MR) is 56.7 cm³/mol. The van der Waals surface area contributed by atoms with E-state index in [1.807, 2.05) is 6.92 Å². The van der Waals surface area contributed by atoms with E-state index in [-0.39, 0.29) is 0 Å². The molecule has 3 heteroatoms. The highest BCUT2D eigenvalue weighted by atomic mass is 32.1. The average molecular weight is 194 g/mol. The summed E-state index contributed by atoms with van der Waals surface area (Å²) < 4.78 is 0. The molecule has 1 unspecified atom stereocenters. The summed E-state index contributed by atoms with van der Waals surface area (Å²) in [5.74, 6) is 2.60. The number of aromatic nitrogens is 1. The first kappa shape index (κ1) is 10.2. The van der Waals surface area contributed by atoms with Gasteiger partial charge >= 0.3 is 0 Å². The van der Waals surface area contributed by atoms with Crippen molar-refractivity contribution >= 4 is 11.3 Å². The molecule has 1 aromatic heterocycles. The summed E-state index contributed by atoms with van der Waals surface area (Å²) >= 11 is 1.68. The minimum atomic E-state index is 0.304. The van der Waals surface area contributed by atoms with E-state index >= 15 is 0 Å². The van der Waals surface area contributed by atoms with Crippen molar-refractivity contribution in [2.24, 2.45) is 0 Å². The largest absolute Gasteiger partial charge is 0.308 e. The second-order valence-corrected chi connectivity index (χ2v) is 3.98. The zero-order valence-corrected chi connectivity index (χ0v) is 8.82. The molecule has 0 saturated heterocycles. The van der Waals surface area contributed by atoms with Gasteiger partial charge in [0.2, 0.25) is 0 Å². The Balaban J connectivity index is 2.40. The van der Waals surface area contributed by atoms with Crippen molar-refractivity contribution in [1.82, 2.24) is 10.3 Å². The Bertz CT molecular complexity index is 298. The van der Waals surface area contributed by atoms with Crippen LogP contribution in [0.3, 0.4) is 0 Å². The van der Waals surface area contributed by atoms with E-state index in [9.17, 15) is 0 Å². The van der Waals surface area contributed by atoms with Gasteiger partial charge in [-0.1, -0.05) is 0 Å². The maximum absolute atomic E-state index is 5.15. The van der Waals surface area contributed by atoms with E-state index in [0.717, 1.165) is 23.7 Å². The predicted octanol–water partition coefficient (Wildman–Crippen LogP) is 2.13. The standard InChI is InChI=1S/C10H14N2S/c1-4-5-6-11-8(2)10-7-13-9(3)12-10/h1,7-8,11H,5-6H2,2-3H3. The Labute approximate surface area is 83.4 Å². The zero-order chi connectivity index (χ0) is 9.68. The summed E-state index contributed by atoms with van der Waals surface area (Å²) in [6.45, 7) is 4.97. The SMILES string of the molecule is C#CCCNC(C)c1csc(C)n1. The van der Waals surface area contributed by atoms with E-state index < -0.39 is 0 Å². The van der Waals surface area contributed by atoms with Crippen LogP contribution in [0.5, 0.6) is 0 Å². The summed E-state index contributed by atoms with van der Waals surface area (Å²) in [4.78, 5) is 4.39. The molecule has 70 valence electrons. The first-order valence-corrected chi connectivity index (χ1v) is 5.21. The molecular weight excluding hydrogens is 180 g/mol. The molecule has 2 nitrogen and oxygen atoms in total. The molecule has 0 saturated carbocycles. The van der Waals surface area contributed by atoms with Crippen LogP contribution in [0.4, 0.5) is 0 Å². The fraction of sp³-hybridized carbons (Fsp3) is 0.500. The fourth-order valence-corrected chi connectivity index (χ4v) is 1.75. The molecule has 0 aromatic carbocycles. The number of hydrogen-bond donors (Lipinski definition) is 1. The first-order valence-electron chi connectivity index (χ1n) is 4.33. The zero-order valence-electron chi connectivity index (χ0n) is 8.00. The maximum atomic E-state index is 5.15. The number of hydrogen-bond acceptors (Lipinski definition) is 3. The van der Waals surface area contributed by atoms with Gasteiger partial charge in [0.25, 0.3) is 0 Å². The van der Waals surface area contributed by atoms with Crippen LogP contribution in [-0.2, 0) is 0 Å². The van der Waals surface area contributed by atoms with Crippen LogP contribution in [0.25, 0.3) is 0 Å². The highest BCUT2D eigenvalue weighted by molar-refractivity contribution is 7.09. The van der Waals surface area contributed by atoms with Crippen LogP contribution in [0.15, 0.2) is 5.38 Å². The fourth-order valence-electron chi connectivity index (χ4n) is 1.04. The lowest BCUT2D eigenvalue weighted by atomic mass is 10.2. The lowest BCUT2D eigenvalue weighted by Crippen LogP contribution is -2.19. The number of thiazole rings is 1. The van der Waals surface area contributed by atoms with Crippen molar-refractivity contribution in [3.63, 3.8) is 0 Å². The summed E-state index contributed by atoms with van der Waals surface area (Å²) in [6, 6.07) is 0.304. The Morgan fingerprint density at radius 3 is 3.08 bits per heavy atom. The van der Waals surface area contributed by atoms with E-state index in [1.54, 1.807) is 11.3 Å². The van der Waals surface area contributed by atoms with Gasteiger partial charge in [-0.15, -0.1) is 23.7 Å². The Morgan fingerprint density at radius 2 is 2.54 bits per heavy atom. The van der Waals surface area contributed by atoms with Gasteiger partial charge in [-0.3, -0.25) is 0 Å². The van der Waals surface area contributed by atoms with Gasteiger partial charge in [-0.05, 0) is 13.8 Å². The molecule has 0 aliphatic carbocycles. The molecule has 1 aromatic rings. The summed E-state index contributed by atoms with van der Waals surface area (Å²) in [7, 11) is 0. The molecule has 1 rings (SSSR count). The molecule has 0 aliphatic rings. The van der Waals surface area contributed by atoms with Crippen LogP contribution in [0.1, 0.15) is 30.1 Å². The maximum Gasteiger partial charge on any atom is 0.0898 e. The van der Waals surface area contributed by atoms with Crippen molar-refractivity contribution in [2.75, 3.05) is 6.54 Å². The number of aryl methyl sites for hydroxylation is 1. The van der Waals surface area contributed by atoms with Crippen LogP contribution >= 0.6 is 11.3 Å². The van der Waals surface area contributed by atoms with Gasteiger partial charge in [-0.25, -0.2) is 4.98 Å². The van der Waals surface area contributed by atoms with E-state index in [2.05, 4.69) is 28.5 Å². The number of terminal acetylenes is 1. The van der Waals surface area contributed by atoms with Crippen molar-refractivity contribution < 1.29 is 0 Å². The topological polar surface area (TPSA) is 24.9 Å². The van der Waals surface area contributed by atoms with Crippen molar-refractivity contribution in [3.05, 3.63) is 16.1 Å². The summed E-state index contributed by atoms with van der Waals surface area (Å²) in [5, 5.41) is 6.51. The number of rotatable bonds is 4. The smallest absolute Gasteiger partial charge is 0.0898 e. The Hall–Kier alpha value is -0.850. The third kappa shape index (κ3) is 3.17. The molecule has 1 heterocycles. The lowest BCUT2D eigenvalue weighted by molar-refractivity contribution is 0.572. The molecule has 0 amide bonds. The van der Waals surface area contributed by atoms with Gasteiger partial charge in [0, 0.05) is 24.4 Å².